The fourth-order valence-corrected chi connectivity index (χ4v) is 3.02. The molecule has 0 amide bonds. The zero-order chi connectivity index (χ0) is 16.1. The van der Waals surface area contributed by atoms with Gasteiger partial charge in [-0.05, 0) is 35.4 Å². The van der Waals surface area contributed by atoms with E-state index in [1.807, 2.05) is 24.3 Å². The second kappa shape index (κ2) is 7.61. The quantitative estimate of drug-likeness (QED) is 0.861. The fraction of sp³-hybridized carbons (Fsp3) is 0.316. The van der Waals surface area contributed by atoms with Crippen LogP contribution in [0.4, 0.5) is 0 Å². The van der Waals surface area contributed by atoms with Gasteiger partial charge in [-0.25, -0.2) is 0 Å². The lowest BCUT2D eigenvalue weighted by atomic mass is 10.1. The van der Waals surface area contributed by atoms with Gasteiger partial charge in [0.2, 0.25) is 0 Å². The summed E-state index contributed by atoms with van der Waals surface area (Å²) >= 11 is 5.93. The molecular formula is C19H20ClN3. The summed E-state index contributed by atoms with van der Waals surface area (Å²) in [6, 6.07) is 18.2. The third kappa shape index (κ3) is 4.56. The molecule has 0 aliphatic carbocycles. The van der Waals surface area contributed by atoms with Gasteiger partial charge in [-0.15, -0.1) is 0 Å². The van der Waals surface area contributed by atoms with Crippen LogP contribution in [-0.4, -0.2) is 36.0 Å². The summed E-state index contributed by atoms with van der Waals surface area (Å²) < 4.78 is 0. The van der Waals surface area contributed by atoms with Crippen LogP contribution in [0.2, 0.25) is 5.02 Å². The predicted octanol–water partition coefficient (Wildman–Crippen LogP) is 3.53. The summed E-state index contributed by atoms with van der Waals surface area (Å²) in [7, 11) is 0. The van der Waals surface area contributed by atoms with Crippen LogP contribution in [0.5, 0.6) is 0 Å². The Bertz CT molecular complexity index is 665. The van der Waals surface area contributed by atoms with Crippen molar-refractivity contribution in [3.8, 4) is 6.07 Å². The molecule has 0 atom stereocenters. The molecule has 2 aromatic rings. The third-order valence-corrected chi connectivity index (χ3v) is 4.53. The minimum absolute atomic E-state index is 0.724. The maximum absolute atomic E-state index is 8.84. The SMILES string of the molecule is N#Cc1ccc(CN2CCN(Cc3ccc(Cl)cc3)CC2)cc1. The van der Waals surface area contributed by atoms with Gasteiger partial charge in [-0.3, -0.25) is 9.80 Å². The van der Waals surface area contributed by atoms with E-state index in [4.69, 9.17) is 16.9 Å². The molecule has 2 aromatic carbocycles. The third-order valence-electron chi connectivity index (χ3n) is 4.27. The van der Waals surface area contributed by atoms with E-state index in [1.165, 1.54) is 11.1 Å². The summed E-state index contributed by atoms with van der Waals surface area (Å²) in [4.78, 5) is 4.96. The number of nitrogens with zero attached hydrogens (tertiary/aromatic N) is 3. The minimum Gasteiger partial charge on any atom is -0.297 e. The van der Waals surface area contributed by atoms with Gasteiger partial charge in [-0.2, -0.15) is 5.26 Å². The minimum atomic E-state index is 0.724. The second-order valence-corrected chi connectivity index (χ2v) is 6.42. The Morgan fingerprint density at radius 3 is 1.65 bits per heavy atom. The Hall–Kier alpha value is -1.86. The Morgan fingerprint density at radius 1 is 0.783 bits per heavy atom. The van der Waals surface area contributed by atoms with Crippen LogP contribution in [0.1, 0.15) is 16.7 Å². The maximum atomic E-state index is 8.84. The Morgan fingerprint density at radius 2 is 1.22 bits per heavy atom. The van der Waals surface area contributed by atoms with Gasteiger partial charge in [0.25, 0.3) is 0 Å². The maximum Gasteiger partial charge on any atom is 0.0991 e. The molecule has 1 heterocycles. The molecule has 0 spiro atoms. The van der Waals surface area contributed by atoms with Crippen LogP contribution >= 0.6 is 11.6 Å². The molecule has 0 saturated carbocycles. The molecule has 1 aliphatic rings. The van der Waals surface area contributed by atoms with Gasteiger partial charge in [0.1, 0.15) is 0 Å². The first kappa shape index (κ1) is 16.0. The van der Waals surface area contributed by atoms with Crippen LogP contribution in [0, 0.1) is 11.3 Å². The van der Waals surface area contributed by atoms with Crippen LogP contribution in [0.3, 0.4) is 0 Å². The highest BCUT2D eigenvalue weighted by Crippen LogP contribution is 2.14. The topological polar surface area (TPSA) is 30.3 Å². The zero-order valence-electron chi connectivity index (χ0n) is 13.1. The Balaban J connectivity index is 1.48. The van der Waals surface area contributed by atoms with Crippen molar-refractivity contribution in [3.63, 3.8) is 0 Å². The monoisotopic (exact) mass is 325 g/mol. The largest absolute Gasteiger partial charge is 0.297 e. The van der Waals surface area contributed by atoms with Gasteiger partial charge >= 0.3 is 0 Å². The molecule has 23 heavy (non-hydrogen) atoms. The molecule has 1 aliphatic heterocycles. The van der Waals surface area contributed by atoms with Crippen molar-refractivity contribution in [2.75, 3.05) is 26.2 Å². The van der Waals surface area contributed by atoms with Gasteiger partial charge < -0.3 is 0 Å². The number of piperazine rings is 1. The average Bonchev–Trinajstić information content (AvgIpc) is 2.59. The zero-order valence-corrected chi connectivity index (χ0v) is 13.8. The van der Waals surface area contributed by atoms with E-state index in [-0.39, 0.29) is 0 Å². The predicted molar refractivity (Wildman–Crippen MR) is 93.2 cm³/mol. The number of hydrogen-bond donors (Lipinski definition) is 0. The van der Waals surface area contributed by atoms with E-state index >= 15 is 0 Å². The van der Waals surface area contributed by atoms with Crippen LogP contribution in [0.15, 0.2) is 48.5 Å². The van der Waals surface area contributed by atoms with Gasteiger partial charge in [0.05, 0.1) is 11.6 Å². The van der Waals surface area contributed by atoms with Crippen molar-refractivity contribution in [1.29, 1.82) is 5.26 Å². The Labute approximate surface area is 142 Å². The van der Waals surface area contributed by atoms with E-state index in [9.17, 15) is 0 Å². The summed E-state index contributed by atoms with van der Waals surface area (Å²) in [5, 5.41) is 9.63. The van der Waals surface area contributed by atoms with E-state index in [2.05, 4.69) is 40.1 Å². The van der Waals surface area contributed by atoms with Crippen molar-refractivity contribution in [1.82, 2.24) is 9.80 Å². The van der Waals surface area contributed by atoms with Crippen LogP contribution in [-0.2, 0) is 13.1 Å². The first-order chi connectivity index (χ1) is 11.2. The molecule has 1 fully saturated rings. The van der Waals surface area contributed by atoms with Crippen molar-refractivity contribution < 1.29 is 0 Å². The molecule has 0 bridgehead atoms. The Kier molecular flexibility index (Phi) is 5.30. The molecule has 3 nitrogen and oxygen atoms in total. The van der Waals surface area contributed by atoms with Gasteiger partial charge in [-0.1, -0.05) is 35.9 Å². The van der Waals surface area contributed by atoms with Gasteiger partial charge in [0.15, 0.2) is 0 Å². The first-order valence-electron chi connectivity index (χ1n) is 7.91. The van der Waals surface area contributed by atoms with Crippen LogP contribution < -0.4 is 0 Å². The van der Waals surface area contributed by atoms with E-state index in [0.29, 0.717) is 0 Å². The highest BCUT2D eigenvalue weighted by atomic mass is 35.5. The van der Waals surface area contributed by atoms with Crippen molar-refractivity contribution in [2.45, 2.75) is 13.1 Å². The normalized spacial score (nSPS) is 16.2. The summed E-state index contributed by atoms with van der Waals surface area (Å²) in [6.45, 7) is 6.27. The molecule has 118 valence electrons. The molecule has 3 rings (SSSR count). The van der Waals surface area contributed by atoms with Gasteiger partial charge in [0, 0.05) is 44.3 Å². The second-order valence-electron chi connectivity index (χ2n) is 5.99. The molecule has 1 saturated heterocycles. The molecular weight excluding hydrogens is 306 g/mol. The van der Waals surface area contributed by atoms with E-state index in [0.717, 1.165) is 49.9 Å². The number of benzene rings is 2. The molecule has 0 aromatic heterocycles. The lowest BCUT2D eigenvalue weighted by Crippen LogP contribution is -2.45. The lowest BCUT2D eigenvalue weighted by Gasteiger charge is -2.34. The standard InChI is InChI=1S/C19H20ClN3/c20-19-7-5-18(6-8-19)15-23-11-9-22(10-12-23)14-17-3-1-16(13-21)2-4-17/h1-8H,9-12,14-15H2. The van der Waals surface area contributed by atoms with Crippen molar-refractivity contribution in [2.24, 2.45) is 0 Å². The number of rotatable bonds is 4. The molecule has 4 heteroatoms. The highest BCUT2D eigenvalue weighted by Gasteiger charge is 2.17. The highest BCUT2D eigenvalue weighted by molar-refractivity contribution is 6.30. The summed E-state index contributed by atoms with van der Waals surface area (Å²) in [6.07, 6.45) is 0. The first-order valence-corrected chi connectivity index (χ1v) is 8.29. The molecule has 0 unspecified atom stereocenters. The molecule has 0 radical (unpaired) electrons. The lowest BCUT2D eigenvalue weighted by molar-refractivity contribution is 0.122. The number of halogens is 1. The molecule has 0 N–H and O–H groups in total. The van der Waals surface area contributed by atoms with E-state index in [1.54, 1.807) is 0 Å². The van der Waals surface area contributed by atoms with Crippen LogP contribution in [0.25, 0.3) is 0 Å². The summed E-state index contributed by atoms with van der Waals surface area (Å²) in [5.74, 6) is 0. The number of nitriles is 1. The van der Waals surface area contributed by atoms with Crippen molar-refractivity contribution in [3.05, 3.63) is 70.2 Å². The van der Waals surface area contributed by atoms with Crippen molar-refractivity contribution >= 4 is 11.6 Å². The number of hydrogen-bond acceptors (Lipinski definition) is 3. The summed E-state index contributed by atoms with van der Waals surface area (Å²) in [5.41, 5.74) is 3.31. The van der Waals surface area contributed by atoms with E-state index < -0.39 is 0 Å². The smallest absolute Gasteiger partial charge is 0.0991 e. The average molecular weight is 326 g/mol. The fourth-order valence-electron chi connectivity index (χ4n) is 2.90.